The van der Waals surface area contributed by atoms with Crippen LogP contribution in [0.2, 0.25) is 0 Å². The largest absolute Gasteiger partial charge is 0.368 e. The molecule has 1 aromatic heterocycles. The van der Waals surface area contributed by atoms with E-state index in [1.54, 1.807) is 11.3 Å². The van der Waals surface area contributed by atoms with Gasteiger partial charge in [-0.05, 0) is 52.4 Å². The van der Waals surface area contributed by atoms with E-state index in [9.17, 15) is 0 Å². The standard InChI is InChI=1S/C15H26N2OS/c1-5-18-15(8-6-10(2)7-9-15)14-17-12(4)13(19-14)11(3)16/h10-11H,5-9,16H2,1-4H3. The molecule has 3 nitrogen and oxygen atoms in total. The third-order valence-corrected chi connectivity index (χ3v) is 5.68. The van der Waals surface area contributed by atoms with Gasteiger partial charge in [-0.25, -0.2) is 4.98 Å². The Balaban J connectivity index is 2.31. The van der Waals surface area contributed by atoms with Gasteiger partial charge < -0.3 is 10.5 Å². The first kappa shape index (κ1) is 14.9. The van der Waals surface area contributed by atoms with Crippen LogP contribution in [0, 0.1) is 12.8 Å². The van der Waals surface area contributed by atoms with Crippen molar-refractivity contribution >= 4 is 11.3 Å². The molecule has 1 heterocycles. The quantitative estimate of drug-likeness (QED) is 0.910. The zero-order chi connectivity index (χ0) is 14.0. The van der Waals surface area contributed by atoms with Crippen LogP contribution in [0.3, 0.4) is 0 Å². The van der Waals surface area contributed by atoms with Gasteiger partial charge in [0.05, 0.1) is 5.69 Å². The van der Waals surface area contributed by atoms with E-state index < -0.39 is 0 Å². The molecule has 1 aromatic rings. The van der Waals surface area contributed by atoms with E-state index in [2.05, 4.69) is 20.8 Å². The number of aryl methyl sites for hydroxylation is 1. The first-order chi connectivity index (χ1) is 8.98. The minimum atomic E-state index is -0.149. The maximum atomic E-state index is 6.16. The molecular formula is C15H26N2OS. The van der Waals surface area contributed by atoms with E-state index >= 15 is 0 Å². The maximum Gasteiger partial charge on any atom is 0.125 e. The van der Waals surface area contributed by atoms with Crippen molar-refractivity contribution in [2.75, 3.05) is 6.61 Å². The van der Waals surface area contributed by atoms with Gasteiger partial charge in [0.2, 0.25) is 0 Å². The second-order valence-corrected chi connectivity index (χ2v) is 6.90. The highest BCUT2D eigenvalue weighted by Gasteiger charge is 2.39. The fourth-order valence-electron chi connectivity index (χ4n) is 2.95. The summed E-state index contributed by atoms with van der Waals surface area (Å²) in [6.07, 6.45) is 4.64. The van der Waals surface area contributed by atoms with Crippen LogP contribution >= 0.6 is 11.3 Å². The predicted octanol–water partition coefficient (Wildman–Crippen LogP) is 3.91. The van der Waals surface area contributed by atoms with Gasteiger partial charge in [-0.15, -0.1) is 11.3 Å². The number of nitrogens with two attached hydrogens (primary N) is 1. The first-order valence-corrected chi connectivity index (χ1v) is 8.17. The van der Waals surface area contributed by atoms with Crippen molar-refractivity contribution in [3.63, 3.8) is 0 Å². The molecule has 0 spiro atoms. The Morgan fingerprint density at radius 3 is 2.58 bits per heavy atom. The summed E-state index contributed by atoms with van der Waals surface area (Å²) in [5, 5.41) is 1.14. The lowest BCUT2D eigenvalue weighted by Crippen LogP contribution is -2.34. The minimum absolute atomic E-state index is 0.0624. The Hall–Kier alpha value is -0.450. The summed E-state index contributed by atoms with van der Waals surface area (Å²) in [4.78, 5) is 5.99. The number of nitrogens with zero attached hydrogens (tertiary/aromatic N) is 1. The summed E-state index contributed by atoms with van der Waals surface area (Å²) in [5.74, 6) is 0.808. The first-order valence-electron chi connectivity index (χ1n) is 7.36. The van der Waals surface area contributed by atoms with Crippen LogP contribution in [0.15, 0.2) is 0 Å². The summed E-state index contributed by atoms with van der Waals surface area (Å²) in [7, 11) is 0. The molecule has 0 radical (unpaired) electrons. The van der Waals surface area contributed by atoms with Crippen LogP contribution in [-0.4, -0.2) is 11.6 Å². The highest BCUT2D eigenvalue weighted by molar-refractivity contribution is 7.12. The van der Waals surface area contributed by atoms with Gasteiger partial charge in [0, 0.05) is 17.5 Å². The molecular weight excluding hydrogens is 256 g/mol. The summed E-state index contributed by atoms with van der Waals surface area (Å²) in [5.41, 5.74) is 6.95. The fraction of sp³-hybridized carbons (Fsp3) is 0.800. The Morgan fingerprint density at radius 1 is 1.47 bits per heavy atom. The highest BCUT2D eigenvalue weighted by Crippen LogP contribution is 2.44. The van der Waals surface area contributed by atoms with E-state index in [-0.39, 0.29) is 11.6 Å². The lowest BCUT2D eigenvalue weighted by Gasteiger charge is -2.37. The van der Waals surface area contributed by atoms with Crippen LogP contribution in [0.25, 0.3) is 0 Å². The number of hydrogen-bond acceptors (Lipinski definition) is 4. The topological polar surface area (TPSA) is 48.1 Å². The molecule has 1 aliphatic rings. The molecule has 1 unspecified atom stereocenters. The average Bonchev–Trinajstić information content (AvgIpc) is 2.75. The summed E-state index contributed by atoms with van der Waals surface area (Å²) in [6.45, 7) is 9.24. The van der Waals surface area contributed by atoms with Crippen LogP contribution in [0.4, 0.5) is 0 Å². The second kappa shape index (κ2) is 5.90. The van der Waals surface area contributed by atoms with Crippen molar-refractivity contribution in [2.24, 2.45) is 11.7 Å². The fourth-order valence-corrected chi connectivity index (χ4v) is 4.17. The molecule has 1 atom stereocenters. The summed E-state index contributed by atoms with van der Waals surface area (Å²) >= 11 is 1.75. The van der Waals surface area contributed by atoms with Crippen molar-refractivity contribution in [1.29, 1.82) is 0 Å². The second-order valence-electron chi connectivity index (χ2n) is 5.87. The molecule has 1 saturated carbocycles. The lowest BCUT2D eigenvalue weighted by atomic mass is 9.79. The Morgan fingerprint density at radius 2 is 2.11 bits per heavy atom. The smallest absolute Gasteiger partial charge is 0.125 e. The van der Waals surface area contributed by atoms with Crippen molar-refractivity contribution in [2.45, 2.75) is 65.0 Å². The number of ether oxygens (including phenoxy) is 1. The van der Waals surface area contributed by atoms with E-state index in [1.807, 2.05) is 6.92 Å². The van der Waals surface area contributed by atoms with Gasteiger partial charge in [0.15, 0.2) is 0 Å². The van der Waals surface area contributed by atoms with Crippen molar-refractivity contribution in [3.05, 3.63) is 15.6 Å². The van der Waals surface area contributed by atoms with Crippen LogP contribution < -0.4 is 5.73 Å². The van der Waals surface area contributed by atoms with Gasteiger partial charge in [-0.3, -0.25) is 0 Å². The van der Waals surface area contributed by atoms with E-state index in [0.29, 0.717) is 0 Å². The summed E-state index contributed by atoms with van der Waals surface area (Å²) in [6, 6.07) is 0.0624. The van der Waals surface area contributed by atoms with Gasteiger partial charge >= 0.3 is 0 Å². The van der Waals surface area contributed by atoms with Crippen LogP contribution in [0.5, 0.6) is 0 Å². The van der Waals surface area contributed by atoms with Crippen molar-refractivity contribution in [1.82, 2.24) is 4.98 Å². The molecule has 1 fully saturated rings. The lowest BCUT2D eigenvalue weighted by molar-refractivity contribution is -0.0776. The van der Waals surface area contributed by atoms with Gasteiger partial charge in [-0.1, -0.05) is 6.92 Å². The SMILES string of the molecule is CCOC1(c2nc(C)c(C(C)N)s2)CCC(C)CC1. The van der Waals surface area contributed by atoms with E-state index in [4.69, 9.17) is 15.5 Å². The average molecular weight is 282 g/mol. The number of hydrogen-bond donors (Lipinski definition) is 1. The third kappa shape index (κ3) is 3.01. The minimum Gasteiger partial charge on any atom is -0.368 e. The molecule has 0 aliphatic heterocycles. The highest BCUT2D eigenvalue weighted by atomic mass is 32.1. The van der Waals surface area contributed by atoms with Gasteiger partial charge in [-0.2, -0.15) is 0 Å². The van der Waals surface area contributed by atoms with Crippen LogP contribution in [-0.2, 0) is 10.3 Å². The molecule has 0 aromatic carbocycles. The van der Waals surface area contributed by atoms with Crippen LogP contribution in [0.1, 0.15) is 68.1 Å². The molecule has 0 amide bonds. The molecule has 2 rings (SSSR count). The number of aromatic nitrogens is 1. The Labute approximate surface area is 120 Å². The summed E-state index contributed by atoms with van der Waals surface area (Å²) < 4.78 is 6.16. The third-order valence-electron chi connectivity index (χ3n) is 4.14. The Kier molecular flexibility index (Phi) is 4.64. The number of rotatable bonds is 4. The zero-order valence-corrected chi connectivity index (χ0v) is 13.3. The maximum absolute atomic E-state index is 6.16. The molecule has 0 bridgehead atoms. The number of thiazole rings is 1. The molecule has 108 valence electrons. The normalized spacial score (nSPS) is 29.4. The van der Waals surface area contributed by atoms with Gasteiger partial charge in [0.1, 0.15) is 10.6 Å². The molecule has 1 aliphatic carbocycles. The predicted molar refractivity (Wildman–Crippen MR) is 80.4 cm³/mol. The Bertz CT molecular complexity index is 420. The van der Waals surface area contributed by atoms with Crippen molar-refractivity contribution < 1.29 is 4.74 Å². The monoisotopic (exact) mass is 282 g/mol. The zero-order valence-electron chi connectivity index (χ0n) is 12.5. The molecule has 19 heavy (non-hydrogen) atoms. The molecule has 4 heteroatoms. The van der Waals surface area contributed by atoms with E-state index in [0.717, 1.165) is 36.1 Å². The molecule has 2 N–H and O–H groups in total. The van der Waals surface area contributed by atoms with Crippen molar-refractivity contribution in [3.8, 4) is 0 Å². The molecule has 0 saturated heterocycles. The van der Waals surface area contributed by atoms with Gasteiger partial charge in [0.25, 0.3) is 0 Å². The van der Waals surface area contributed by atoms with E-state index in [1.165, 1.54) is 17.7 Å².